The Morgan fingerprint density at radius 3 is 2.31 bits per heavy atom. The summed E-state index contributed by atoms with van der Waals surface area (Å²) in [7, 11) is 0. The summed E-state index contributed by atoms with van der Waals surface area (Å²) in [6.07, 6.45) is 1.94. The molecule has 4 aromatic rings. The van der Waals surface area contributed by atoms with Crippen LogP contribution in [0.15, 0.2) is 65.5 Å². The van der Waals surface area contributed by atoms with Gasteiger partial charge in [0.2, 0.25) is 11.8 Å². The fourth-order valence-corrected chi connectivity index (χ4v) is 8.59. The van der Waals surface area contributed by atoms with E-state index in [0.717, 1.165) is 57.9 Å². The number of imide groups is 2. The number of aromatic nitrogens is 1. The summed E-state index contributed by atoms with van der Waals surface area (Å²) in [6.45, 7) is 12.1. The fraction of sp³-hybridized carbons (Fsp3) is 0.417. The van der Waals surface area contributed by atoms with Crippen LogP contribution in [0.5, 0.6) is 5.75 Å². The molecule has 16 nitrogen and oxygen atoms in total. The van der Waals surface area contributed by atoms with E-state index in [4.69, 9.17) is 18.9 Å². The predicted molar refractivity (Wildman–Crippen MR) is 240 cm³/mol. The first-order valence-electron chi connectivity index (χ1n) is 21.9. The Kier molecular flexibility index (Phi) is 14.9. The highest BCUT2D eigenvalue weighted by molar-refractivity contribution is 6.25. The Labute approximate surface area is 372 Å². The number of hydrogen-bond acceptors (Lipinski definition) is 12. The average Bonchev–Trinajstić information content (AvgIpc) is 3.54. The highest BCUT2D eigenvalue weighted by Crippen LogP contribution is 2.35. The molecule has 0 aliphatic carbocycles. The molecule has 1 unspecified atom stereocenters. The maximum atomic E-state index is 13.9. The minimum Gasteiger partial charge on any atom is -0.491 e. The number of aryl methyl sites for hydroxylation is 2. The average molecular weight is 877 g/mol. The lowest BCUT2D eigenvalue weighted by molar-refractivity contribution is -0.136. The van der Waals surface area contributed by atoms with Crippen molar-refractivity contribution in [2.24, 2.45) is 0 Å². The van der Waals surface area contributed by atoms with Crippen molar-refractivity contribution in [3.05, 3.63) is 110 Å². The highest BCUT2D eigenvalue weighted by Gasteiger charge is 2.45. The number of nitrogens with one attached hydrogen (secondary N) is 4. The monoisotopic (exact) mass is 876 g/mol. The van der Waals surface area contributed by atoms with Crippen molar-refractivity contribution in [1.29, 1.82) is 0 Å². The van der Waals surface area contributed by atoms with Crippen molar-refractivity contribution in [1.82, 2.24) is 20.5 Å². The topological polar surface area (TPSA) is 198 Å². The van der Waals surface area contributed by atoms with E-state index < -0.39 is 29.7 Å². The quantitative estimate of drug-likeness (QED) is 0.0741. The van der Waals surface area contributed by atoms with E-state index in [2.05, 4.69) is 38.8 Å². The van der Waals surface area contributed by atoms with Gasteiger partial charge in [0.25, 0.3) is 23.3 Å². The molecule has 1 aromatic heterocycles. The van der Waals surface area contributed by atoms with Gasteiger partial charge in [0.15, 0.2) is 0 Å². The number of benzene rings is 3. The predicted octanol–water partition coefficient (Wildman–Crippen LogP) is 4.83. The van der Waals surface area contributed by atoms with Crippen LogP contribution in [-0.2, 0) is 30.3 Å². The zero-order valence-electron chi connectivity index (χ0n) is 36.8. The van der Waals surface area contributed by atoms with E-state index in [0.29, 0.717) is 75.4 Å². The van der Waals surface area contributed by atoms with E-state index in [-0.39, 0.29) is 48.0 Å². The Hall–Kier alpha value is -6.36. The van der Waals surface area contributed by atoms with Crippen LogP contribution >= 0.6 is 0 Å². The summed E-state index contributed by atoms with van der Waals surface area (Å²) in [5.74, 6) is -1.79. The molecule has 0 saturated carbocycles. The van der Waals surface area contributed by atoms with Crippen LogP contribution in [0.2, 0.25) is 0 Å². The second-order valence-electron chi connectivity index (χ2n) is 16.1. The zero-order valence-corrected chi connectivity index (χ0v) is 36.8. The number of nitrogens with zero attached hydrogens (tertiary/aromatic N) is 2. The van der Waals surface area contributed by atoms with Crippen LogP contribution < -0.4 is 31.1 Å². The molecular weight excluding hydrogens is 821 g/mol. The van der Waals surface area contributed by atoms with Gasteiger partial charge in [0.05, 0.1) is 37.6 Å². The van der Waals surface area contributed by atoms with E-state index in [1.165, 1.54) is 0 Å². The summed E-state index contributed by atoms with van der Waals surface area (Å²) in [5.41, 5.74) is 7.01. The number of aromatic amines is 1. The fourth-order valence-electron chi connectivity index (χ4n) is 8.59. The van der Waals surface area contributed by atoms with Crippen molar-refractivity contribution < 1.29 is 42.9 Å². The van der Waals surface area contributed by atoms with Crippen molar-refractivity contribution >= 4 is 40.9 Å². The molecule has 0 bridgehead atoms. The van der Waals surface area contributed by atoms with Gasteiger partial charge in [0, 0.05) is 73.5 Å². The zero-order chi connectivity index (χ0) is 45.3. The smallest absolute Gasteiger partial charge is 0.264 e. The van der Waals surface area contributed by atoms with Gasteiger partial charge in [-0.2, -0.15) is 0 Å². The van der Waals surface area contributed by atoms with Crippen LogP contribution in [0.25, 0.3) is 11.1 Å². The maximum absolute atomic E-state index is 13.9. The van der Waals surface area contributed by atoms with Gasteiger partial charge in [-0.15, -0.1) is 0 Å². The van der Waals surface area contributed by atoms with Gasteiger partial charge < -0.3 is 39.5 Å². The van der Waals surface area contributed by atoms with Crippen molar-refractivity contribution in [2.45, 2.75) is 72.0 Å². The summed E-state index contributed by atoms with van der Waals surface area (Å²) >= 11 is 0. The summed E-state index contributed by atoms with van der Waals surface area (Å²) in [5, 5.41) is 8.37. The number of carbonyl (C=O) groups is 5. The molecule has 0 radical (unpaired) electrons. The lowest BCUT2D eigenvalue weighted by Gasteiger charge is -2.37. The molecule has 3 aliphatic rings. The first kappa shape index (κ1) is 45.7. The Morgan fingerprint density at radius 1 is 0.859 bits per heavy atom. The number of anilines is 2. The first-order valence-corrected chi connectivity index (χ1v) is 21.9. The second-order valence-corrected chi connectivity index (χ2v) is 16.1. The molecule has 2 fully saturated rings. The van der Waals surface area contributed by atoms with Crippen LogP contribution in [0.3, 0.4) is 0 Å². The number of ether oxygens (including phenoxy) is 4. The van der Waals surface area contributed by atoms with Gasteiger partial charge in [-0.05, 0) is 112 Å². The minimum atomic E-state index is -1.03. The molecule has 3 aromatic carbocycles. The van der Waals surface area contributed by atoms with Gasteiger partial charge in [-0.3, -0.25) is 39.0 Å². The van der Waals surface area contributed by atoms with Crippen molar-refractivity contribution in [2.75, 3.05) is 69.6 Å². The second kappa shape index (κ2) is 20.9. The molecule has 2 saturated heterocycles. The number of pyridine rings is 1. The van der Waals surface area contributed by atoms with Crippen LogP contribution in [-0.4, -0.2) is 111 Å². The SMILES string of the molecule is CCN(c1cc(-c2ccc(OCCOCCOCCNc3cccc4c3C(=O)N(C3CCC(=O)NC3=O)C4=O)cc2)cc(C(=O)NCc2c(C)cc(C)[nH]c2=O)c1C)C1CCOCC1. The normalized spacial score (nSPS) is 16.4. The lowest BCUT2D eigenvalue weighted by Crippen LogP contribution is -2.54. The standard InChI is InChI=1S/C48H56N6O10/c1-5-53(34-15-18-61-19-16-34)41-27-33(26-37(31(41)4)44(56)50-28-38-29(2)25-30(3)51-45(38)57)32-9-11-35(12-10-32)64-24-23-63-22-21-62-20-17-49-39-8-6-7-36-43(39)48(60)54(47(36)59)40-13-14-42(55)52-46(40)58/h6-12,25-27,34,40,49H,5,13-24,28H2,1-4H3,(H,50,56)(H,51,57)(H,52,55,58). The third kappa shape index (κ3) is 10.4. The third-order valence-corrected chi connectivity index (χ3v) is 11.9. The number of H-pyrrole nitrogens is 1. The molecule has 7 rings (SSSR count). The van der Waals surface area contributed by atoms with Crippen molar-refractivity contribution in [3.8, 4) is 16.9 Å². The van der Waals surface area contributed by atoms with Gasteiger partial charge >= 0.3 is 0 Å². The van der Waals surface area contributed by atoms with Crippen LogP contribution in [0, 0.1) is 20.8 Å². The number of carbonyl (C=O) groups excluding carboxylic acids is 5. The minimum absolute atomic E-state index is 0.0532. The van der Waals surface area contributed by atoms with E-state index >= 15 is 0 Å². The van der Waals surface area contributed by atoms with Gasteiger partial charge in [-0.25, -0.2) is 0 Å². The number of rotatable bonds is 19. The van der Waals surface area contributed by atoms with E-state index in [1.807, 2.05) is 57.2 Å². The molecule has 16 heteroatoms. The van der Waals surface area contributed by atoms with Crippen LogP contribution in [0.1, 0.15) is 86.1 Å². The number of fused-ring (bicyclic) bond motifs is 1. The van der Waals surface area contributed by atoms with Gasteiger partial charge in [0.1, 0.15) is 18.4 Å². The first-order chi connectivity index (χ1) is 30.9. The van der Waals surface area contributed by atoms with Crippen molar-refractivity contribution in [3.63, 3.8) is 0 Å². The summed E-state index contributed by atoms with van der Waals surface area (Å²) in [6, 6.07) is 17.9. The Balaban J connectivity index is 0.887. The van der Waals surface area contributed by atoms with Crippen LogP contribution in [0.4, 0.5) is 11.4 Å². The maximum Gasteiger partial charge on any atom is 0.264 e. The highest BCUT2D eigenvalue weighted by atomic mass is 16.5. The van der Waals surface area contributed by atoms with E-state index in [1.54, 1.807) is 18.2 Å². The largest absolute Gasteiger partial charge is 0.491 e. The molecule has 64 heavy (non-hydrogen) atoms. The molecule has 1 atom stereocenters. The number of hydrogen-bond donors (Lipinski definition) is 4. The number of piperidine rings is 1. The summed E-state index contributed by atoms with van der Waals surface area (Å²) in [4.78, 5) is 83.1. The molecular formula is C48H56N6O10. The third-order valence-electron chi connectivity index (χ3n) is 11.9. The lowest BCUT2D eigenvalue weighted by atomic mass is 9.95. The molecule has 4 N–H and O–H groups in total. The molecule has 338 valence electrons. The molecule has 3 aliphatic heterocycles. The van der Waals surface area contributed by atoms with Gasteiger partial charge in [-0.1, -0.05) is 18.2 Å². The summed E-state index contributed by atoms with van der Waals surface area (Å²) < 4.78 is 23.0. The Morgan fingerprint density at radius 2 is 1.59 bits per heavy atom. The van der Waals surface area contributed by atoms with E-state index in [9.17, 15) is 28.8 Å². The number of amides is 5. The Bertz CT molecular complexity index is 2440. The molecule has 0 spiro atoms. The molecule has 5 amide bonds. The molecule has 4 heterocycles.